The van der Waals surface area contributed by atoms with E-state index < -0.39 is 20.7 Å². The van der Waals surface area contributed by atoms with Gasteiger partial charge in [-0.05, 0) is 53.6 Å². The molecule has 9 heteroatoms. The molecule has 0 radical (unpaired) electrons. The fourth-order valence-electron chi connectivity index (χ4n) is 2.70. The van der Waals surface area contributed by atoms with E-state index in [1.54, 1.807) is 27.7 Å². The monoisotopic (exact) mass is 415 g/mol. The van der Waals surface area contributed by atoms with Crippen molar-refractivity contribution in [2.75, 3.05) is 39.5 Å². The fourth-order valence-corrected chi connectivity index (χ4v) is 8.27. The lowest BCUT2D eigenvalue weighted by Gasteiger charge is -2.38. The Hall–Kier alpha value is 0.260. The summed E-state index contributed by atoms with van der Waals surface area (Å²) in [5.41, 5.74) is -1.05. The second-order valence-corrected chi connectivity index (χ2v) is 10.4. The maximum atomic E-state index is 13.7. The third kappa shape index (κ3) is 8.10. The van der Waals surface area contributed by atoms with Crippen molar-refractivity contribution in [2.45, 2.75) is 72.7 Å². The Labute approximate surface area is 160 Å². The normalized spacial score (nSPS) is 13.1. The standard InChI is InChI=1S/C17H39NO6P2/c1-7-13-15-18(16-14-8-2)17(25(19,21-9-3)22-10-4)26(20,23-11-5)24-12-6/h17H,7-16H2,1-6H3. The highest BCUT2D eigenvalue weighted by Crippen LogP contribution is 2.71. The highest BCUT2D eigenvalue weighted by atomic mass is 31.2. The van der Waals surface area contributed by atoms with Crippen molar-refractivity contribution in [3.05, 3.63) is 0 Å². The number of hydrogen-bond acceptors (Lipinski definition) is 7. The van der Waals surface area contributed by atoms with E-state index in [4.69, 9.17) is 18.1 Å². The van der Waals surface area contributed by atoms with Crippen molar-refractivity contribution in [3.63, 3.8) is 0 Å². The van der Waals surface area contributed by atoms with Gasteiger partial charge in [-0.3, -0.25) is 14.0 Å². The lowest BCUT2D eigenvalue weighted by atomic mass is 10.3. The summed E-state index contributed by atoms with van der Waals surface area (Å²) >= 11 is 0. The van der Waals surface area contributed by atoms with Gasteiger partial charge in [0.15, 0.2) is 0 Å². The molecule has 0 saturated heterocycles. The van der Waals surface area contributed by atoms with E-state index in [1.807, 2.05) is 4.90 Å². The minimum Gasteiger partial charge on any atom is -0.307 e. The van der Waals surface area contributed by atoms with Gasteiger partial charge in [0.1, 0.15) is 0 Å². The van der Waals surface area contributed by atoms with Gasteiger partial charge in [0.2, 0.25) is 5.52 Å². The van der Waals surface area contributed by atoms with Crippen LogP contribution in [-0.2, 0) is 27.2 Å². The number of unbranched alkanes of at least 4 members (excludes halogenated alkanes) is 2. The molecule has 0 fully saturated rings. The van der Waals surface area contributed by atoms with Crippen LogP contribution in [0.1, 0.15) is 67.2 Å². The highest BCUT2D eigenvalue weighted by molar-refractivity contribution is 7.72. The minimum absolute atomic E-state index is 0.196. The van der Waals surface area contributed by atoms with Crippen LogP contribution in [-0.4, -0.2) is 49.9 Å². The van der Waals surface area contributed by atoms with Gasteiger partial charge >= 0.3 is 15.2 Å². The van der Waals surface area contributed by atoms with E-state index >= 15 is 0 Å². The summed E-state index contributed by atoms with van der Waals surface area (Å²) in [5.74, 6) is 0. The first-order valence-electron chi connectivity index (χ1n) is 9.90. The molecule has 0 bridgehead atoms. The van der Waals surface area contributed by atoms with Gasteiger partial charge in [0, 0.05) is 0 Å². The minimum atomic E-state index is -3.73. The van der Waals surface area contributed by atoms with Crippen molar-refractivity contribution in [3.8, 4) is 0 Å². The second-order valence-electron chi connectivity index (χ2n) is 5.84. The van der Waals surface area contributed by atoms with Crippen molar-refractivity contribution in [2.24, 2.45) is 0 Å². The van der Waals surface area contributed by atoms with E-state index in [1.165, 1.54) is 0 Å². The lowest BCUT2D eigenvalue weighted by Crippen LogP contribution is -2.39. The van der Waals surface area contributed by atoms with Gasteiger partial charge < -0.3 is 18.1 Å². The van der Waals surface area contributed by atoms with Gasteiger partial charge in [-0.15, -0.1) is 0 Å². The topological polar surface area (TPSA) is 74.3 Å². The SMILES string of the molecule is CCCCN(CCCC)C(P(=O)(OCC)OCC)P(=O)(OCC)OCC. The molecule has 0 unspecified atom stereocenters. The molecular formula is C17H39NO6P2. The molecule has 0 aliphatic rings. The lowest BCUT2D eigenvalue weighted by molar-refractivity contribution is 0.150. The molecule has 0 amide bonds. The molecule has 26 heavy (non-hydrogen) atoms. The smallest absolute Gasteiger partial charge is 0.307 e. The van der Waals surface area contributed by atoms with E-state index in [2.05, 4.69) is 13.8 Å². The van der Waals surface area contributed by atoms with E-state index in [-0.39, 0.29) is 26.4 Å². The summed E-state index contributed by atoms with van der Waals surface area (Å²) in [5, 5.41) is 0. The average molecular weight is 415 g/mol. The van der Waals surface area contributed by atoms with Crippen LogP contribution in [0, 0.1) is 0 Å². The van der Waals surface area contributed by atoms with Gasteiger partial charge in [-0.25, -0.2) is 0 Å². The van der Waals surface area contributed by atoms with Crippen LogP contribution in [0.2, 0.25) is 0 Å². The van der Waals surface area contributed by atoms with E-state index in [0.29, 0.717) is 13.1 Å². The third-order valence-corrected chi connectivity index (χ3v) is 9.68. The Morgan fingerprint density at radius 1 is 0.654 bits per heavy atom. The quantitative estimate of drug-likeness (QED) is 0.282. The van der Waals surface area contributed by atoms with Crippen LogP contribution in [0.25, 0.3) is 0 Å². The molecule has 0 N–H and O–H groups in total. The fraction of sp³-hybridized carbons (Fsp3) is 1.00. The van der Waals surface area contributed by atoms with Crippen molar-refractivity contribution in [1.82, 2.24) is 4.90 Å². The van der Waals surface area contributed by atoms with Crippen LogP contribution >= 0.6 is 15.2 Å². The van der Waals surface area contributed by atoms with Gasteiger partial charge in [0.05, 0.1) is 26.4 Å². The zero-order valence-corrected chi connectivity index (χ0v) is 19.2. The first-order valence-corrected chi connectivity index (χ1v) is 13.1. The second kappa shape index (κ2) is 14.3. The Kier molecular flexibility index (Phi) is 14.4. The number of rotatable bonds is 17. The molecular weight excluding hydrogens is 376 g/mol. The molecule has 0 aromatic carbocycles. The molecule has 158 valence electrons. The molecule has 0 atom stereocenters. The predicted molar refractivity (Wildman–Crippen MR) is 107 cm³/mol. The molecule has 0 aromatic heterocycles. The summed E-state index contributed by atoms with van der Waals surface area (Å²) in [4.78, 5) is 1.94. The Balaban J connectivity index is 6.14. The van der Waals surface area contributed by atoms with Crippen LogP contribution in [0.15, 0.2) is 0 Å². The average Bonchev–Trinajstić information content (AvgIpc) is 2.57. The maximum absolute atomic E-state index is 13.7. The van der Waals surface area contributed by atoms with Crippen molar-refractivity contribution >= 4 is 15.2 Å². The molecule has 0 aliphatic carbocycles. The number of nitrogens with zero attached hydrogens (tertiary/aromatic N) is 1. The van der Waals surface area contributed by atoms with Crippen LogP contribution in [0.4, 0.5) is 0 Å². The zero-order chi connectivity index (χ0) is 20.1. The summed E-state index contributed by atoms with van der Waals surface area (Å²) < 4.78 is 49.6. The molecule has 0 saturated carbocycles. The Morgan fingerprint density at radius 3 is 1.19 bits per heavy atom. The highest BCUT2D eigenvalue weighted by Gasteiger charge is 2.53. The largest absolute Gasteiger partial charge is 0.360 e. The third-order valence-electron chi connectivity index (χ3n) is 3.73. The first-order chi connectivity index (χ1) is 12.4. The molecule has 0 aromatic rings. The molecule has 7 nitrogen and oxygen atoms in total. The van der Waals surface area contributed by atoms with Gasteiger partial charge in [-0.2, -0.15) is 0 Å². The van der Waals surface area contributed by atoms with E-state index in [0.717, 1.165) is 25.7 Å². The summed E-state index contributed by atoms with van der Waals surface area (Å²) in [7, 11) is -7.47. The molecule has 0 heterocycles. The number of hydrogen-bond donors (Lipinski definition) is 0. The van der Waals surface area contributed by atoms with Crippen molar-refractivity contribution < 1.29 is 27.2 Å². The zero-order valence-electron chi connectivity index (χ0n) is 17.4. The van der Waals surface area contributed by atoms with Crippen LogP contribution < -0.4 is 0 Å². The van der Waals surface area contributed by atoms with Crippen molar-refractivity contribution in [1.29, 1.82) is 0 Å². The van der Waals surface area contributed by atoms with Gasteiger partial charge in [-0.1, -0.05) is 26.7 Å². The maximum Gasteiger partial charge on any atom is 0.360 e. The van der Waals surface area contributed by atoms with Crippen LogP contribution in [0.5, 0.6) is 0 Å². The summed E-state index contributed by atoms with van der Waals surface area (Å²) in [6.45, 7) is 13.2. The Morgan fingerprint density at radius 2 is 0.962 bits per heavy atom. The molecule has 0 rings (SSSR count). The Bertz CT molecular complexity index is 391. The summed E-state index contributed by atoms with van der Waals surface area (Å²) in [6.07, 6.45) is 3.71. The summed E-state index contributed by atoms with van der Waals surface area (Å²) in [6, 6.07) is 0. The first kappa shape index (κ1) is 26.3. The van der Waals surface area contributed by atoms with E-state index in [9.17, 15) is 9.13 Å². The van der Waals surface area contributed by atoms with Gasteiger partial charge in [0.25, 0.3) is 0 Å². The predicted octanol–water partition coefficient (Wildman–Crippen LogP) is 5.70. The molecule has 0 aliphatic heterocycles. The molecule has 0 spiro atoms. The van der Waals surface area contributed by atoms with Crippen LogP contribution in [0.3, 0.4) is 0 Å².